The van der Waals surface area contributed by atoms with Gasteiger partial charge in [0.25, 0.3) is 0 Å². The smallest absolute Gasteiger partial charge is 0.240 e. The van der Waals surface area contributed by atoms with E-state index >= 15 is 0 Å². The topological polar surface area (TPSA) is 140 Å². The summed E-state index contributed by atoms with van der Waals surface area (Å²) in [5.74, 6) is -0.759. The third-order valence-corrected chi connectivity index (χ3v) is 9.27. The Morgan fingerprint density at radius 2 is 1.79 bits per heavy atom. The summed E-state index contributed by atoms with van der Waals surface area (Å²) in [6.45, 7) is 6.30. The van der Waals surface area contributed by atoms with Crippen molar-refractivity contribution in [1.29, 1.82) is 0 Å². The van der Waals surface area contributed by atoms with E-state index in [0.29, 0.717) is 37.2 Å². The van der Waals surface area contributed by atoms with Crippen LogP contribution in [0.25, 0.3) is 0 Å². The minimum absolute atomic E-state index is 0. The lowest BCUT2D eigenvalue weighted by Crippen LogP contribution is -2.60. The molecule has 2 heterocycles. The first-order valence-corrected chi connectivity index (χ1v) is 14.7. The lowest BCUT2D eigenvalue weighted by atomic mass is 9.68. The van der Waals surface area contributed by atoms with E-state index in [9.17, 15) is 18.0 Å². The molecule has 0 radical (unpaired) electrons. The molecule has 1 amide bonds. The van der Waals surface area contributed by atoms with E-state index in [4.69, 9.17) is 10.5 Å². The second-order valence-corrected chi connectivity index (χ2v) is 13.0. The minimum Gasteiger partial charge on any atom is -0.374 e. The number of carbonyl (C=O) groups is 2. The zero-order valence-corrected chi connectivity index (χ0v) is 24.3. The van der Waals surface area contributed by atoms with Gasteiger partial charge in [0.2, 0.25) is 5.91 Å². The molecule has 2 aromatic carbocycles. The van der Waals surface area contributed by atoms with Gasteiger partial charge in [0, 0.05) is 16.7 Å². The summed E-state index contributed by atoms with van der Waals surface area (Å²) in [5, 5.41) is 9.50. The maximum absolute atomic E-state index is 14.3. The fourth-order valence-electron chi connectivity index (χ4n) is 5.38. The van der Waals surface area contributed by atoms with Crippen LogP contribution in [0.15, 0.2) is 53.4 Å². The van der Waals surface area contributed by atoms with Gasteiger partial charge < -0.3 is 26.4 Å². The molecule has 0 bridgehead atoms. The fraction of sp³-hybridized carbons (Fsp3) is 0.500. The Morgan fingerprint density at radius 1 is 1.13 bits per heavy atom. The Hall–Kier alpha value is -2.50. The highest BCUT2D eigenvalue weighted by Crippen LogP contribution is 2.50. The molecule has 4 rings (SSSR count). The molecule has 214 valence electrons. The number of fused-ring (bicyclic) bond motifs is 2. The van der Waals surface area contributed by atoms with Crippen LogP contribution < -0.4 is 21.7 Å². The number of ether oxygens (including phenoxy) is 1. The molecule has 39 heavy (non-hydrogen) atoms. The SMILES string of the molecule is CCS(=O)(=O)c1cccc2c1C1(CCNCC1)[C@H](C(=O)C(COCc1ccccc1)NC(=O)C(C)(C)N)N2.Cl. The van der Waals surface area contributed by atoms with Crippen molar-refractivity contribution in [3.63, 3.8) is 0 Å². The predicted octanol–water partition coefficient (Wildman–Crippen LogP) is 2.33. The molecule has 1 unspecified atom stereocenters. The van der Waals surface area contributed by atoms with Crippen molar-refractivity contribution in [3.05, 3.63) is 59.7 Å². The summed E-state index contributed by atoms with van der Waals surface area (Å²) in [5.41, 5.74) is 6.37. The van der Waals surface area contributed by atoms with Gasteiger partial charge in [-0.05, 0) is 57.5 Å². The summed E-state index contributed by atoms with van der Waals surface area (Å²) in [4.78, 5) is 27.4. The Labute approximate surface area is 237 Å². The Morgan fingerprint density at radius 3 is 2.41 bits per heavy atom. The van der Waals surface area contributed by atoms with E-state index in [1.807, 2.05) is 36.4 Å². The molecule has 2 aliphatic heterocycles. The van der Waals surface area contributed by atoms with Gasteiger partial charge in [-0.3, -0.25) is 9.59 Å². The van der Waals surface area contributed by atoms with Gasteiger partial charge in [0.05, 0.1) is 35.4 Å². The van der Waals surface area contributed by atoms with Gasteiger partial charge in [-0.1, -0.05) is 43.3 Å². The molecule has 0 saturated carbocycles. The zero-order valence-electron chi connectivity index (χ0n) is 22.7. The number of amides is 1. The van der Waals surface area contributed by atoms with Crippen LogP contribution >= 0.6 is 12.4 Å². The standard InChI is InChI=1S/C28H38N4O5S.ClH/c1-4-38(35,36)22-12-8-11-20-23(22)28(13-15-30-16-14-28)25(31-20)24(33)21(32-26(34)27(2,3)29)18-37-17-19-9-6-5-7-10-19;/h5-12,21,25,30-31H,4,13-18,29H2,1-3H3,(H,32,34);1H/t21?,25-;/m0./s1. The monoisotopic (exact) mass is 578 g/mol. The molecule has 0 aromatic heterocycles. The Kier molecular flexibility index (Phi) is 9.82. The molecular formula is C28H39ClN4O5S. The third kappa shape index (κ3) is 6.47. The summed E-state index contributed by atoms with van der Waals surface area (Å²) in [6.07, 6.45) is 1.15. The molecular weight excluding hydrogens is 540 g/mol. The largest absolute Gasteiger partial charge is 0.374 e. The molecule has 2 aliphatic rings. The average molecular weight is 579 g/mol. The number of sulfone groups is 1. The molecule has 5 N–H and O–H groups in total. The first-order chi connectivity index (χ1) is 18.0. The van der Waals surface area contributed by atoms with Gasteiger partial charge in [0.1, 0.15) is 6.04 Å². The second-order valence-electron chi connectivity index (χ2n) is 10.7. The minimum atomic E-state index is -3.53. The third-order valence-electron chi connectivity index (χ3n) is 7.50. The molecule has 1 spiro atoms. The second kappa shape index (κ2) is 12.3. The van der Waals surface area contributed by atoms with Gasteiger partial charge >= 0.3 is 0 Å². The van der Waals surface area contributed by atoms with Crippen LogP contribution in [-0.2, 0) is 36.2 Å². The lowest BCUT2D eigenvalue weighted by molar-refractivity contribution is -0.133. The van der Waals surface area contributed by atoms with Crippen LogP contribution in [0.3, 0.4) is 0 Å². The van der Waals surface area contributed by atoms with E-state index in [1.165, 1.54) is 0 Å². The average Bonchev–Trinajstić information content (AvgIpc) is 3.21. The summed E-state index contributed by atoms with van der Waals surface area (Å²) in [7, 11) is -3.53. The predicted molar refractivity (Wildman–Crippen MR) is 154 cm³/mol. The van der Waals surface area contributed by atoms with Crippen LogP contribution in [-0.4, -0.2) is 63.2 Å². The van der Waals surface area contributed by atoms with Crippen molar-refractivity contribution in [2.45, 2.75) is 68.2 Å². The van der Waals surface area contributed by atoms with Crippen LogP contribution in [0.5, 0.6) is 0 Å². The van der Waals surface area contributed by atoms with E-state index in [-0.39, 0.29) is 42.1 Å². The number of benzene rings is 2. The highest BCUT2D eigenvalue weighted by atomic mass is 35.5. The number of nitrogens with two attached hydrogens (primary N) is 1. The van der Waals surface area contributed by atoms with Crippen molar-refractivity contribution in [3.8, 4) is 0 Å². The molecule has 11 heteroatoms. The lowest BCUT2D eigenvalue weighted by Gasteiger charge is -2.40. The Balaban J connectivity index is 0.00000420. The van der Waals surface area contributed by atoms with E-state index in [1.54, 1.807) is 32.9 Å². The highest BCUT2D eigenvalue weighted by Gasteiger charge is 2.54. The number of carbonyl (C=O) groups excluding carboxylic acids is 2. The van der Waals surface area contributed by atoms with Crippen molar-refractivity contribution in [2.24, 2.45) is 5.73 Å². The summed E-state index contributed by atoms with van der Waals surface area (Å²) >= 11 is 0. The number of halogens is 1. The van der Waals surface area contributed by atoms with Crippen molar-refractivity contribution in [1.82, 2.24) is 10.6 Å². The molecule has 1 saturated heterocycles. The maximum atomic E-state index is 14.3. The maximum Gasteiger partial charge on any atom is 0.240 e. The first-order valence-electron chi connectivity index (χ1n) is 13.1. The highest BCUT2D eigenvalue weighted by molar-refractivity contribution is 7.91. The molecule has 9 nitrogen and oxygen atoms in total. The van der Waals surface area contributed by atoms with Gasteiger partial charge in [0.15, 0.2) is 15.6 Å². The molecule has 2 aromatic rings. The summed E-state index contributed by atoms with van der Waals surface area (Å²) < 4.78 is 32.1. The number of nitrogens with one attached hydrogen (secondary N) is 3. The number of hydrogen-bond acceptors (Lipinski definition) is 8. The molecule has 0 aliphatic carbocycles. The van der Waals surface area contributed by atoms with Gasteiger partial charge in [-0.15, -0.1) is 12.4 Å². The van der Waals surface area contributed by atoms with E-state index in [0.717, 1.165) is 5.56 Å². The molecule has 1 fully saturated rings. The van der Waals surface area contributed by atoms with E-state index in [2.05, 4.69) is 16.0 Å². The van der Waals surface area contributed by atoms with E-state index < -0.39 is 38.8 Å². The van der Waals surface area contributed by atoms with Gasteiger partial charge in [-0.25, -0.2) is 8.42 Å². The fourth-order valence-corrected chi connectivity index (χ4v) is 6.60. The quantitative estimate of drug-likeness (QED) is 0.337. The number of ketones is 1. The van der Waals surface area contributed by atoms with Crippen LogP contribution in [0, 0.1) is 0 Å². The van der Waals surface area contributed by atoms with Crippen LogP contribution in [0.2, 0.25) is 0 Å². The number of piperidine rings is 1. The van der Waals surface area contributed by atoms with Crippen molar-refractivity contribution in [2.75, 3.05) is 30.8 Å². The first kappa shape index (κ1) is 31.0. The number of Topliss-reactive ketones (excluding diaryl/α,β-unsaturated/α-hetero) is 1. The van der Waals surface area contributed by atoms with Crippen molar-refractivity contribution < 1.29 is 22.7 Å². The normalized spacial score (nSPS) is 18.9. The number of anilines is 1. The number of hydrogen-bond donors (Lipinski definition) is 4. The van der Waals surface area contributed by atoms with Crippen molar-refractivity contribution >= 4 is 39.6 Å². The summed E-state index contributed by atoms with van der Waals surface area (Å²) in [6, 6.07) is 13.0. The van der Waals surface area contributed by atoms with Crippen LogP contribution in [0.4, 0.5) is 5.69 Å². The Bertz CT molecular complexity index is 1270. The molecule has 2 atom stereocenters. The van der Waals surface area contributed by atoms with Gasteiger partial charge in [-0.2, -0.15) is 0 Å². The van der Waals surface area contributed by atoms with Crippen LogP contribution in [0.1, 0.15) is 44.7 Å². The zero-order chi connectivity index (χ0) is 27.6. The number of rotatable bonds is 10.